The summed E-state index contributed by atoms with van der Waals surface area (Å²) in [7, 11) is 0. The summed E-state index contributed by atoms with van der Waals surface area (Å²) in [4.78, 5) is 14.2. The second kappa shape index (κ2) is 7.78. The Hall–Kier alpha value is -1.71. The molecule has 1 aromatic carbocycles. The number of anilines is 2. The normalized spacial score (nSPS) is 14.9. The van der Waals surface area contributed by atoms with Crippen molar-refractivity contribution >= 4 is 17.4 Å². The van der Waals surface area contributed by atoms with Crippen LogP contribution < -0.4 is 15.5 Å². The Balaban J connectivity index is 1.98. The number of para-hydroxylation sites is 2. The van der Waals surface area contributed by atoms with E-state index in [-0.39, 0.29) is 6.03 Å². The monoisotopic (exact) mass is 275 g/mol. The zero-order valence-electron chi connectivity index (χ0n) is 12.3. The highest BCUT2D eigenvalue weighted by atomic mass is 16.2. The van der Waals surface area contributed by atoms with Crippen LogP contribution in [0.3, 0.4) is 0 Å². The molecule has 110 valence electrons. The number of benzene rings is 1. The third-order valence-electron chi connectivity index (χ3n) is 3.66. The van der Waals surface area contributed by atoms with Gasteiger partial charge in [-0.3, -0.25) is 0 Å². The molecule has 1 aromatic rings. The first-order chi connectivity index (χ1) is 9.81. The highest BCUT2D eigenvalue weighted by Crippen LogP contribution is 2.28. The minimum absolute atomic E-state index is 0.108. The largest absolute Gasteiger partial charge is 0.370 e. The highest BCUT2D eigenvalue weighted by molar-refractivity contribution is 5.93. The SMILES string of the molecule is CCCCNC(=O)Nc1ccccc1N1CCCCC1. The van der Waals surface area contributed by atoms with Gasteiger partial charge in [-0.05, 0) is 37.8 Å². The van der Waals surface area contributed by atoms with Crippen LogP contribution in [0.4, 0.5) is 16.2 Å². The Kier molecular flexibility index (Phi) is 5.71. The van der Waals surface area contributed by atoms with Crippen molar-refractivity contribution in [1.29, 1.82) is 0 Å². The van der Waals surface area contributed by atoms with E-state index in [2.05, 4.69) is 28.5 Å². The second-order valence-corrected chi connectivity index (χ2v) is 5.30. The van der Waals surface area contributed by atoms with Crippen molar-refractivity contribution < 1.29 is 4.79 Å². The number of nitrogens with one attached hydrogen (secondary N) is 2. The first-order valence-corrected chi connectivity index (χ1v) is 7.70. The molecule has 0 atom stereocenters. The van der Waals surface area contributed by atoms with Crippen molar-refractivity contribution in [2.75, 3.05) is 29.9 Å². The molecule has 0 unspecified atom stereocenters. The van der Waals surface area contributed by atoms with Crippen molar-refractivity contribution in [3.05, 3.63) is 24.3 Å². The highest BCUT2D eigenvalue weighted by Gasteiger charge is 2.15. The van der Waals surface area contributed by atoms with E-state index in [0.29, 0.717) is 0 Å². The fourth-order valence-corrected chi connectivity index (χ4v) is 2.54. The molecule has 2 rings (SSSR count). The lowest BCUT2D eigenvalue weighted by Crippen LogP contribution is -2.33. The molecule has 0 spiro atoms. The van der Waals surface area contributed by atoms with Gasteiger partial charge in [0.05, 0.1) is 11.4 Å². The molecule has 0 saturated carbocycles. The number of carbonyl (C=O) groups excluding carboxylic acids is 1. The standard InChI is InChI=1S/C16H25N3O/c1-2-3-11-17-16(20)18-14-9-5-6-10-15(14)19-12-7-4-8-13-19/h5-6,9-10H,2-4,7-8,11-13H2,1H3,(H2,17,18,20). The van der Waals surface area contributed by atoms with Gasteiger partial charge < -0.3 is 15.5 Å². The number of urea groups is 1. The Morgan fingerprint density at radius 3 is 2.70 bits per heavy atom. The summed E-state index contributed by atoms with van der Waals surface area (Å²) in [6, 6.07) is 7.96. The third-order valence-corrected chi connectivity index (χ3v) is 3.66. The minimum atomic E-state index is -0.108. The van der Waals surface area contributed by atoms with Crippen molar-refractivity contribution in [2.45, 2.75) is 39.0 Å². The second-order valence-electron chi connectivity index (χ2n) is 5.30. The van der Waals surface area contributed by atoms with Gasteiger partial charge in [-0.2, -0.15) is 0 Å². The molecule has 0 radical (unpaired) electrons. The third kappa shape index (κ3) is 4.15. The number of carbonyl (C=O) groups is 1. The molecule has 2 amide bonds. The van der Waals surface area contributed by atoms with Gasteiger partial charge in [0.1, 0.15) is 0 Å². The maximum absolute atomic E-state index is 11.9. The molecular formula is C16H25N3O. The van der Waals surface area contributed by atoms with E-state index in [1.165, 1.54) is 19.3 Å². The Labute approximate surface area is 121 Å². The van der Waals surface area contributed by atoms with Crippen LogP contribution in [-0.4, -0.2) is 25.7 Å². The molecule has 0 aliphatic carbocycles. The molecule has 1 heterocycles. The number of amides is 2. The summed E-state index contributed by atoms with van der Waals surface area (Å²) >= 11 is 0. The average molecular weight is 275 g/mol. The van der Waals surface area contributed by atoms with Crippen LogP contribution >= 0.6 is 0 Å². The van der Waals surface area contributed by atoms with Gasteiger partial charge in [0, 0.05) is 19.6 Å². The van der Waals surface area contributed by atoms with Crippen LogP contribution in [0.2, 0.25) is 0 Å². The zero-order valence-corrected chi connectivity index (χ0v) is 12.3. The van der Waals surface area contributed by atoms with Gasteiger partial charge >= 0.3 is 6.03 Å². The average Bonchev–Trinajstić information content (AvgIpc) is 2.49. The molecular weight excluding hydrogens is 250 g/mol. The molecule has 4 nitrogen and oxygen atoms in total. The lowest BCUT2D eigenvalue weighted by Gasteiger charge is -2.30. The van der Waals surface area contributed by atoms with Crippen LogP contribution in [0.25, 0.3) is 0 Å². The molecule has 1 fully saturated rings. The van der Waals surface area contributed by atoms with Crippen LogP contribution in [-0.2, 0) is 0 Å². The summed E-state index contributed by atoms with van der Waals surface area (Å²) in [6.07, 6.45) is 5.88. The molecule has 1 aliphatic heterocycles. The first kappa shape index (κ1) is 14.7. The van der Waals surface area contributed by atoms with E-state index in [4.69, 9.17) is 0 Å². The van der Waals surface area contributed by atoms with E-state index < -0.39 is 0 Å². The number of rotatable bonds is 5. The summed E-state index contributed by atoms with van der Waals surface area (Å²) in [5, 5.41) is 5.87. The smallest absolute Gasteiger partial charge is 0.319 e. The summed E-state index contributed by atoms with van der Waals surface area (Å²) in [5.41, 5.74) is 2.04. The van der Waals surface area contributed by atoms with E-state index in [1.807, 2.05) is 18.2 Å². The molecule has 1 saturated heterocycles. The van der Waals surface area contributed by atoms with Gasteiger partial charge in [-0.1, -0.05) is 25.5 Å². The van der Waals surface area contributed by atoms with E-state index in [1.54, 1.807) is 0 Å². The summed E-state index contributed by atoms with van der Waals surface area (Å²) in [5.74, 6) is 0. The maximum Gasteiger partial charge on any atom is 0.319 e. The summed E-state index contributed by atoms with van der Waals surface area (Å²) in [6.45, 7) is 5.01. The van der Waals surface area contributed by atoms with E-state index in [9.17, 15) is 4.79 Å². The van der Waals surface area contributed by atoms with Crippen LogP contribution in [0.15, 0.2) is 24.3 Å². The summed E-state index contributed by atoms with van der Waals surface area (Å²) < 4.78 is 0. The Morgan fingerprint density at radius 2 is 1.95 bits per heavy atom. The van der Waals surface area contributed by atoms with E-state index >= 15 is 0 Å². The predicted molar refractivity (Wildman–Crippen MR) is 84.4 cm³/mol. The molecule has 1 aliphatic rings. The topological polar surface area (TPSA) is 44.4 Å². The molecule has 2 N–H and O–H groups in total. The lowest BCUT2D eigenvalue weighted by molar-refractivity contribution is 0.252. The van der Waals surface area contributed by atoms with Gasteiger partial charge in [0.25, 0.3) is 0 Å². The number of nitrogens with zero attached hydrogens (tertiary/aromatic N) is 1. The maximum atomic E-state index is 11.9. The fourth-order valence-electron chi connectivity index (χ4n) is 2.54. The van der Waals surface area contributed by atoms with Gasteiger partial charge in [0.2, 0.25) is 0 Å². The number of hydrogen-bond acceptors (Lipinski definition) is 2. The minimum Gasteiger partial charge on any atom is -0.370 e. The van der Waals surface area contributed by atoms with Crippen molar-refractivity contribution in [2.24, 2.45) is 0 Å². The predicted octanol–water partition coefficient (Wildman–Crippen LogP) is 3.60. The van der Waals surface area contributed by atoms with Crippen molar-refractivity contribution in [3.63, 3.8) is 0 Å². The van der Waals surface area contributed by atoms with Gasteiger partial charge in [-0.25, -0.2) is 4.79 Å². The Morgan fingerprint density at radius 1 is 1.20 bits per heavy atom. The first-order valence-electron chi connectivity index (χ1n) is 7.70. The van der Waals surface area contributed by atoms with Crippen LogP contribution in [0.1, 0.15) is 39.0 Å². The van der Waals surface area contributed by atoms with Crippen molar-refractivity contribution in [1.82, 2.24) is 5.32 Å². The van der Waals surface area contributed by atoms with Crippen LogP contribution in [0.5, 0.6) is 0 Å². The fraction of sp³-hybridized carbons (Fsp3) is 0.562. The molecule has 20 heavy (non-hydrogen) atoms. The van der Waals surface area contributed by atoms with Gasteiger partial charge in [-0.15, -0.1) is 0 Å². The number of hydrogen-bond donors (Lipinski definition) is 2. The molecule has 0 bridgehead atoms. The quantitative estimate of drug-likeness (QED) is 0.806. The number of unbranched alkanes of at least 4 members (excludes halogenated alkanes) is 1. The van der Waals surface area contributed by atoms with Gasteiger partial charge in [0.15, 0.2) is 0 Å². The Bertz CT molecular complexity index is 427. The van der Waals surface area contributed by atoms with Crippen LogP contribution in [0, 0.1) is 0 Å². The molecule has 0 aromatic heterocycles. The van der Waals surface area contributed by atoms with Crippen molar-refractivity contribution in [3.8, 4) is 0 Å². The van der Waals surface area contributed by atoms with E-state index in [0.717, 1.165) is 43.9 Å². The number of piperidine rings is 1. The molecule has 4 heteroatoms. The lowest BCUT2D eigenvalue weighted by atomic mass is 10.1. The zero-order chi connectivity index (χ0) is 14.2.